The molecule has 4 aromatic rings. The number of rotatable bonds is 8. The lowest BCUT2D eigenvalue weighted by atomic mass is 10.1. The molecule has 0 aromatic carbocycles. The van der Waals surface area contributed by atoms with Crippen molar-refractivity contribution in [3.63, 3.8) is 0 Å². The van der Waals surface area contributed by atoms with Crippen LogP contribution in [-0.2, 0) is 25.8 Å². The molecule has 19 heteroatoms. The number of nitrogen functional groups attached to an aromatic ring is 2. The van der Waals surface area contributed by atoms with Gasteiger partial charge in [0, 0.05) is 18.9 Å². The first-order chi connectivity index (χ1) is 20.0. The maximum absolute atomic E-state index is 15.8. The van der Waals surface area contributed by atoms with Crippen molar-refractivity contribution < 1.29 is 37.9 Å². The van der Waals surface area contributed by atoms with Gasteiger partial charge in [0.25, 0.3) is 5.56 Å². The second kappa shape index (κ2) is 10.9. The highest BCUT2D eigenvalue weighted by Crippen LogP contribution is 2.59. The summed E-state index contributed by atoms with van der Waals surface area (Å²) < 4.78 is 51.0. The molecule has 6 heterocycles. The molecule has 4 aromatic heterocycles. The minimum atomic E-state index is -4.15. The zero-order valence-corrected chi connectivity index (χ0v) is 23.3. The second-order valence-corrected chi connectivity index (χ2v) is 13.6. The van der Waals surface area contributed by atoms with E-state index in [-0.39, 0.29) is 34.7 Å². The fourth-order valence-corrected chi connectivity index (χ4v) is 7.89. The number of H-pyrrole nitrogens is 1. The van der Waals surface area contributed by atoms with Gasteiger partial charge in [-0.15, -0.1) is 0 Å². The number of ether oxygens (including phenoxy) is 2. The number of hydrogen-bond acceptors (Lipinski definition) is 12. The Morgan fingerprint density at radius 1 is 1.14 bits per heavy atom. The third-order valence-electron chi connectivity index (χ3n) is 7.48. The number of pyridine rings is 1. The number of aromatic amines is 1. The number of nitrogens with zero attached hydrogens (tertiary/aromatic N) is 5. The van der Waals surface area contributed by atoms with Crippen molar-refractivity contribution >= 4 is 52.0 Å². The zero-order chi connectivity index (χ0) is 29.9. The van der Waals surface area contributed by atoms with E-state index < -0.39 is 74.0 Å². The molecule has 0 saturated carbocycles. The van der Waals surface area contributed by atoms with Crippen LogP contribution in [-0.4, -0.2) is 93.7 Å². The smallest absolute Gasteiger partial charge is 0.277 e. The van der Waals surface area contributed by atoms with Crippen LogP contribution in [0.5, 0.6) is 0 Å². The Kier molecular flexibility index (Phi) is 7.51. The van der Waals surface area contributed by atoms with Crippen LogP contribution >= 0.6 is 6.49 Å². The molecule has 2 aliphatic heterocycles. The zero-order valence-electron chi connectivity index (χ0n) is 21.6. The first-order valence-electron chi connectivity index (χ1n) is 12.8. The van der Waals surface area contributed by atoms with E-state index in [1.807, 2.05) is 0 Å². The van der Waals surface area contributed by atoms with Crippen LogP contribution in [0.2, 0.25) is 0 Å². The summed E-state index contributed by atoms with van der Waals surface area (Å²) in [7, 11) is 0. The standard InChI is InChI=1S/C23H27F2N8O7PS/c24-14-11(2-4-34)39-23(33-8-30-16-10(33)5-13(26)31-21(16)36)18(14)41(37,42)38-6-12-17(35)15(25)22(40-12)32-3-1-9-19(27)28-7-29-20(9)32/h1,3,5,7-8,11-12,14-15,17-18,22-23,34-35H,2,4,6H2,(H,37,42)(H3,26,31,36)(H2,27,28,29)/t11-,12-,14-,15+,17-,18-,22-,23-,41?/m1/s1. The van der Waals surface area contributed by atoms with E-state index in [1.54, 1.807) is 6.07 Å². The quantitative estimate of drug-likeness (QED) is 0.144. The van der Waals surface area contributed by atoms with Crippen LogP contribution in [0.4, 0.5) is 20.4 Å². The van der Waals surface area contributed by atoms with E-state index in [9.17, 15) is 19.9 Å². The Balaban J connectivity index is 1.25. The summed E-state index contributed by atoms with van der Waals surface area (Å²) in [5, 5.41) is 20.5. The third kappa shape index (κ3) is 4.77. The van der Waals surface area contributed by atoms with Crippen LogP contribution in [0, 0.1) is 0 Å². The Hall–Kier alpha value is -3.09. The van der Waals surface area contributed by atoms with Gasteiger partial charge in [-0.25, -0.2) is 23.7 Å². The summed E-state index contributed by atoms with van der Waals surface area (Å²) in [5.41, 5.74) is 10.0. The molecule has 6 rings (SSSR count). The molecule has 0 radical (unpaired) electrons. The van der Waals surface area contributed by atoms with Crippen LogP contribution in [0.1, 0.15) is 18.9 Å². The van der Waals surface area contributed by atoms with Crippen molar-refractivity contribution in [2.24, 2.45) is 0 Å². The summed E-state index contributed by atoms with van der Waals surface area (Å²) in [6, 6.07) is 2.97. The summed E-state index contributed by atoms with van der Waals surface area (Å²) in [5.74, 6) is 0.194. The van der Waals surface area contributed by atoms with Gasteiger partial charge in [0.1, 0.15) is 47.6 Å². The fraction of sp³-hybridized carbons (Fsp3) is 0.478. The van der Waals surface area contributed by atoms with Crippen molar-refractivity contribution in [1.29, 1.82) is 0 Å². The molecule has 8 N–H and O–H groups in total. The predicted molar refractivity (Wildman–Crippen MR) is 148 cm³/mol. The molecule has 226 valence electrons. The predicted octanol–water partition coefficient (Wildman–Crippen LogP) is 0.235. The molecule has 1 unspecified atom stereocenters. The second-order valence-electron chi connectivity index (χ2n) is 10.0. The highest BCUT2D eigenvalue weighted by Gasteiger charge is 2.54. The normalized spacial score (nSPS) is 31.3. The molecule has 0 spiro atoms. The van der Waals surface area contributed by atoms with Gasteiger partial charge in [-0.05, 0) is 24.3 Å². The molecule has 0 aliphatic carbocycles. The van der Waals surface area contributed by atoms with E-state index >= 15 is 8.78 Å². The number of aliphatic hydroxyl groups excluding tert-OH is 2. The number of aromatic nitrogens is 6. The van der Waals surface area contributed by atoms with E-state index in [0.29, 0.717) is 5.39 Å². The monoisotopic (exact) mass is 628 g/mol. The summed E-state index contributed by atoms with van der Waals surface area (Å²) in [4.78, 5) is 38.2. The average molecular weight is 629 g/mol. The average Bonchev–Trinajstić information content (AvgIpc) is 3.69. The largest absolute Gasteiger partial charge is 0.396 e. The minimum Gasteiger partial charge on any atom is -0.396 e. The van der Waals surface area contributed by atoms with Crippen LogP contribution in [0.3, 0.4) is 0 Å². The van der Waals surface area contributed by atoms with E-state index in [1.165, 1.54) is 34.1 Å². The molecule has 0 bridgehead atoms. The maximum atomic E-state index is 15.8. The molecule has 2 fully saturated rings. The maximum Gasteiger partial charge on any atom is 0.277 e. The van der Waals surface area contributed by atoms with Gasteiger partial charge in [0.05, 0.1) is 29.9 Å². The third-order valence-corrected chi connectivity index (χ3v) is 10.3. The topological polar surface area (TPSA) is 222 Å². The molecule has 9 atom stereocenters. The highest BCUT2D eigenvalue weighted by molar-refractivity contribution is 8.09. The van der Waals surface area contributed by atoms with Gasteiger partial charge in [-0.3, -0.25) is 4.79 Å². The summed E-state index contributed by atoms with van der Waals surface area (Å²) in [6.07, 6.45) is -6.80. The van der Waals surface area contributed by atoms with Crippen molar-refractivity contribution in [2.45, 2.75) is 55.2 Å². The number of hydrogen-bond donors (Lipinski definition) is 6. The lowest BCUT2D eigenvalue weighted by molar-refractivity contribution is -0.0418. The van der Waals surface area contributed by atoms with Crippen LogP contribution in [0.25, 0.3) is 22.1 Å². The molecule has 2 aliphatic rings. The number of halogens is 2. The van der Waals surface area contributed by atoms with E-state index in [0.717, 1.165) is 0 Å². The Labute approximate surface area is 240 Å². The fourth-order valence-electron chi connectivity index (χ4n) is 5.43. The van der Waals surface area contributed by atoms with E-state index in [2.05, 4.69) is 19.9 Å². The minimum absolute atomic E-state index is 0.00760. The van der Waals surface area contributed by atoms with Gasteiger partial charge in [-0.2, -0.15) is 0 Å². The number of alkyl halides is 2. The van der Waals surface area contributed by atoms with Gasteiger partial charge in [-0.1, -0.05) is 0 Å². The molecule has 42 heavy (non-hydrogen) atoms. The number of aliphatic hydroxyl groups is 2. The Morgan fingerprint density at radius 3 is 2.67 bits per heavy atom. The summed E-state index contributed by atoms with van der Waals surface area (Å²) in [6.45, 7) is -5.15. The number of nitrogens with one attached hydrogen (secondary N) is 1. The number of imidazole rings is 1. The van der Waals surface area contributed by atoms with Crippen LogP contribution < -0.4 is 17.0 Å². The SMILES string of the molecule is Nc1cc2c(ncn2[C@@H]2O[C@H](CCO)[C@@H](F)[C@H]2P(O)(=S)OC[C@H]2O[C@@H](n3ccc4c(N)ncnc43)[C@@H](F)[C@@H]2O)c(=O)[nH]1. The Morgan fingerprint density at radius 2 is 1.90 bits per heavy atom. The van der Waals surface area contributed by atoms with E-state index in [4.69, 9.17) is 37.3 Å². The molecule has 0 amide bonds. The van der Waals surface area contributed by atoms with Crippen molar-refractivity contribution in [3.8, 4) is 0 Å². The first-order valence-corrected chi connectivity index (χ1v) is 15.5. The number of anilines is 2. The van der Waals surface area contributed by atoms with Crippen LogP contribution in [0.15, 0.2) is 35.8 Å². The van der Waals surface area contributed by atoms with Crippen molar-refractivity contribution in [3.05, 3.63) is 41.3 Å². The van der Waals surface area contributed by atoms with Gasteiger partial charge in [0.2, 0.25) is 0 Å². The molecule has 15 nitrogen and oxygen atoms in total. The lowest BCUT2D eigenvalue weighted by Crippen LogP contribution is -2.33. The first kappa shape index (κ1) is 29.0. The molecule has 2 saturated heterocycles. The highest BCUT2D eigenvalue weighted by atomic mass is 32.5. The van der Waals surface area contributed by atoms with Gasteiger partial charge >= 0.3 is 0 Å². The van der Waals surface area contributed by atoms with Crippen molar-refractivity contribution in [1.82, 2.24) is 29.1 Å². The molecular formula is C23H27F2N8O7PS. The van der Waals surface area contributed by atoms with Gasteiger partial charge < -0.3 is 54.7 Å². The van der Waals surface area contributed by atoms with Gasteiger partial charge in [0.15, 0.2) is 30.6 Å². The van der Waals surface area contributed by atoms with Crippen molar-refractivity contribution in [2.75, 3.05) is 24.7 Å². The Bertz CT molecular complexity index is 1740. The lowest BCUT2D eigenvalue weighted by Gasteiger charge is -2.29. The summed E-state index contributed by atoms with van der Waals surface area (Å²) >= 11 is 5.40. The number of fused-ring (bicyclic) bond motifs is 2. The molecular weight excluding hydrogens is 601 g/mol. The number of nitrogens with two attached hydrogens (primary N) is 2.